The van der Waals surface area contributed by atoms with Crippen molar-refractivity contribution in [3.05, 3.63) is 35.1 Å². The molecule has 1 fully saturated rings. The van der Waals surface area contributed by atoms with Crippen LogP contribution in [0.2, 0.25) is 0 Å². The van der Waals surface area contributed by atoms with E-state index < -0.39 is 5.82 Å². The maximum Gasteiger partial charge on any atom is 0.237 e. The molecule has 1 atom stereocenters. The van der Waals surface area contributed by atoms with E-state index in [1.165, 1.54) is 6.07 Å². The fraction of sp³-hybridized carbons (Fsp3) is 0.533. The first-order valence-electron chi connectivity index (χ1n) is 7.09. The number of benzene rings is 1. The molecule has 0 saturated carbocycles. The van der Waals surface area contributed by atoms with E-state index in [0.29, 0.717) is 6.54 Å². The van der Waals surface area contributed by atoms with Gasteiger partial charge in [0.05, 0.1) is 12.6 Å². The second-order valence-electron chi connectivity index (χ2n) is 5.13. The predicted molar refractivity (Wildman–Crippen MR) is 82.5 cm³/mol. The quantitative estimate of drug-likeness (QED) is 0.862. The summed E-state index contributed by atoms with van der Waals surface area (Å²) in [5.41, 5.74) is 1.04. The molecule has 1 aliphatic heterocycles. The molecule has 116 valence electrons. The molecule has 0 spiro atoms. The first-order valence-corrected chi connectivity index (χ1v) is 8.25. The molecule has 2 rings (SSSR count). The van der Waals surface area contributed by atoms with Gasteiger partial charge in [-0.15, -0.1) is 0 Å². The van der Waals surface area contributed by atoms with Gasteiger partial charge >= 0.3 is 0 Å². The fourth-order valence-electron chi connectivity index (χ4n) is 2.33. The standard InChI is InChI=1S/C15H21FN2O2S/c1-11(18-4-6-21-7-5-18)15(20)17-9-12-2-3-14(16)13(8-12)10-19/h2-3,8,11,19H,4-7,9-10H2,1H3,(H,17,20). The summed E-state index contributed by atoms with van der Waals surface area (Å²) in [7, 11) is 0. The molecule has 6 heteroatoms. The summed E-state index contributed by atoms with van der Waals surface area (Å²) in [6.45, 7) is 3.79. The number of nitrogens with one attached hydrogen (secondary N) is 1. The molecule has 1 amide bonds. The van der Waals surface area contributed by atoms with E-state index in [1.807, 2.05) is 18.7 Å². The van der Waals surface area contributed by atoms with Crippen molar-refractivity contribution < 1.29 is 14.3 Å². The highest BCUT2D eigenvalue weighted by atomic mass is 32.2. The van der Waals surface area contributed by atoms with Crippen LogP contribution in [0.3, 0.4) is 0 Å². The number of hydrogen-bond donors (Lipinski definition) is 2. The molecule has 1 unspecified atom stereocenters. The number of carbonyl (C=O) groups is 1. The number of rotatable bonds is 5. The normalized spacial score (nSPS) is 17.5. The largest absolute Gasteiger partial charge is 0.392 e. The van der Waals surface area contributed by atoms with E-state index in [-0.39, 0.29) is 24.1 Å². The topological polar surface area (TPSA) is 52.6 Å². The maximum absolute atomic E-state index is 13.3. The van der Waals surface area contributed by atoms with Gasteiger partial charge in [-0.3, -0.25) is 9.69 Å². The lowest BCUT2D eigenvalue weighted by Gasteiger charge is -2.31. The Balaban J connectivity index is 1.88. The van der Waals surface area contributed by atoms with E-state index in [4.69, 9.17) is 5.11 Å². The molecule has 0 radical (unpaired) electrons. The van der Waals surface area contributed by atoms with Crippen molar-refractivity contribution in [1.82, 2.24) is 10.2 Å². The van der Waals surface area contributed by atoms with Crippen LogP contribution in [0.1, 0.15) is 18.1 Å². The Morgan fingerprint density at radius 1 is 1.48 bits per heavy atom. The number of nitrogens with zero attached hydrogens (tertiary/aromatic N) is 1. The van der Waals surface area contributed by atoms with Crippen LogP contribution in [0.4, 0.5) is 4.39 Å². The monoisotopic (exact) mass is 312 g/mol. The minimum atomic E-state index is -0.424. The van der Waals surface area contributed by atoms with Crippen LogP contribution < -0.4 is 5.32 Å². The fourth-order valence-corrected chi connectivity index (χ4v) is 3.26. The lowest BCUT2D eigenvalue weighted by atomic mass is 10.1. The summed E-state index contributed by atoms with van der Waals surface area (Å²) in [5, 5.41) is 11.9. The summed E-state index contributed by atoms with van der Waals surface area (Å²) in [6.07, 6.45) is 0. The molecular weight excluding hydrogens is 291 g/mol. The Hall–Kier alpha value is -1.11. The molecule has 0 aliphatic carbocycles. The minimum absolute atomic E-state index is 0.0169. The van der Waals surface area contributed by atoms with Crippen LogP contribution in [0.15, 0.2) is 18.2 Å². The number of carbonyl (C=O) groups excluding carboxylic acids is 1. The van der Waals surface area contributed by atoms with Gasteiger partial charge in [0.1, 0.15) is 5.82 Å². The van der Waals surface area contributed by atoms with E-state index in [2.05, 4.69) is 10.2 Å². The number of halogens is 1. The smallest absolute Gasteiger partial charge is 0.237 e. The van der Waals surface area contributed by atoms with Crippen molar-refractivity contribution in [3.8, 4) is 0 Å². The highest BCUT2D eigenvalue weighted by molar-refractivity contribution is 7.99. The Bertz CT molecular complexity index is 493. The SMILES string of the molecule is CC(C(=O)NCc1ccc(F)c(CO)c1)N1CCSCC1. The van der Waals surface area contributed by atoms with Crippen molar-refractivity contribution in [2.45, 2.75) is 26.1 Å². The van der Waals surface area contributed by atoms with Gasteiger partial charge < -0.3 is 10.4 Å². The van der Waals surface area contributed by atoms with Gasteiger partial charge in [-0.2, -0.15) is 11.8 Å². The molecule has 4 nitrogen and oxygen atoms in total. The van der Waals surface area contributed by atoms with Crippen molar-refractivity contribution in [1.29, 1.82) is 0 Å². The average Bonchev–Trinajstić information content (AvgIpc) is 2.53. The van der Waals surface area contributed by atoms with Crippen LogP contribution in [0, 0.1) is 5.82 Å². The summed E-state index contributed by atoms with van der Waals surface area (Å²) >= 11 is 1.91. The molecule has 1 saturated heterocycles. The van der Waals surface area contributed by atoms with Crippen molar-refractivity contribution in [2.75, 3.05) is 24.6 Å². The van der Waals surface area contributed by atoms with Crippen LogP contribution >= 0.6 is 11.8 Å². The summed E-state index contributed by atoms with van der Waals surface area (Å²) in [5.74, 6) is 1.69. The lowest BCUT2D eigenvalue weighted by Crippen LogP contribution is -2.48. The van der Waals surface area contributed by atoms with Crippen LogP contribution in [-0.4, -0.2) is 46.6 Å². The Labute approximate surface area is 128 Å². The zero-order valence-electron chi connectivity index (χ0n) is 12.1. The molecule has 0 bridgehead atoms. The van der Waals surface area contributed by atoms with Crippen LogP contribution in [0.25, 0.3) is 0 Å². The van der Waals surface area contributed by atoms with Crippen LogP contribution in [0.5, 0.6) is 0 Å². The second kappa shape index (κ2) is 7.77. The van der Waals surface area contributed by atoms with Gasteiger partial charge in [0.2, 0.25) is 5.91 Å². The first-order chi connectivity index (χ1) is 10.1. The van der Waals surface area contributed by atoms with Crippen molar-refractivity contribution >= 4 is 17.7 Å². The van der Waals surface area contributed by atoms with Gasteiger partial charge in [0.15, 0.2) is 0 Å². The number of thioether (sulfide) groups is 1. The molecule has 1 aromatic carbocycles. The Morgan fingerprint density at radius 2 is 2.19 bits per heavy atom. The minimum Gasteiger partial charge on any atom is -0.392 e. The molecule has 2 N–H and O–H groups in total. The lowest BCUT2D eigenvalue weighted by molar-refractivity contribution is -0.125. The van der Waals surface area contributed by atoms with Crippen molar-refractivity contribution in [2.24, 2.45) is 0 Å². The van der Waals surface area contributed by atoms with Gasteiger partial charge in [-0.1, -0.05) is 6.07 Å². The average molecular weight is 312 g/mol. The highest BCUT2D eigenvalue weighted by Gasteiger charge is 2.22. The molecule has 1 aliphatic rings. The van der Waals surface area contributed by atoms with E-state index in [9.17, 15) is 9.18 Å². The molecule has 0 aromatic heterocycles. The highest BCUT2D eigenvalue weighted by Crippen LogP contribution is 2.13. The van der Waals surface area contributed by atoms with E-state index in [0.717, 1.165) is 30.2 Å². The van der Waals surface area contributed by atoms with Gasteiger partial charge in [0, 0.05) is 36.7 Å². The van der Waals surface area contributed by atoms with E-state index in [1.54, 1.807) is 12.1 Å². The number of hydrogen-bond acceptors (Lipinski definition) is 4. The summed E-state index contributed by atoms with van der Waals surface area (Å²) in [4.78, 5) is 14.3. The van der Waals surface area contributed by atoms with Crippen LogP contribution in [-0.2, 0) is 17.9 Å². The molecule has 1 heterocycles. The van der Waals surface area contributed by atoms with Gasteiger partial charge in [-0.05, 0) is 24.6 Å². The zero-order valence-corrected chi connectivity index (χ0v) is 13.0. The van der Waals surface area contributed by atoms with E-state index >= 15 is 0 Å². The van der Waals surface area contributed by atoms with Gasteiger partial charge in [-0.25, -0.2) is 4.39 Å². The molecule has 21 heavy (non-hydrogen) atoms. The molecular formula is C15H21FN2O2S. The third-order valence-corrected chi connectivity index (χ3v) is 4.66. The van der Waals surface area contributed by atoms with Gasteiger partial charge in [0.25, 0.3) is 0 Å². The Kier molecular flexibility index (Phi) is 6.02. The first kappa shape index (κ1) is 16.3. The number of aliphatic hydroxyl groups is 1. The number of amides is 1. The Morgan fingerprint density at radius 3 is 2.86 bits per heavy atom. The summed E-state index contributed by atoms with van der Waals surface area (Å²) in [6, 6.07) is 4.37. The third-order valence-electron chi connectivity index (χ3n) is 3.72. The zero-order chi connectivity index (χ0) is 15.2. The van der Waals surface area contributed by atoms with Crippen molar-refractivity contribution in [3.63, 3.8) is 0 Å². The third kappa shape index (κ3) is 4.43. The second-order valence-corrected chi connectivity index (χ2v) is 6.35. The molecule has 1 aromatic rings. The predicted octanol–water partition coefficient (Wildman–Crippen LogP) is 1.37. The maximum atomic E-state index is 13.3. The summed E-state index contributed by atoms with van der Waals surface area (Å²) < 4.78 is 13.3. The number of aliphatic hydroxyl groups excluding tert-OH is 1.